The Morgan fingerprint density at radius 2 is 1.73 bits per heavy atom. The van der Waals surface area contributed by atoms with Gasteiger partial charge in [0.15, 0.2) is 0 Å². The monoisotopic (exact) mass is 443 g/mol. The number of rotatable bonds is 6. The molecule has 4 aromatic rings. The van der Waals surface area contributed by atoms with E-state index in [2.05, 4.69) is 21.1 Å². The molecule has 1 aliphatic rings. The van der Waals surface area contributed by atoms with Crippen LogP contribution in [0, 0.1) is 0 Å². The molecule has 0 aliphatic carbocycles. The molecule has 1 saturated heterocycles. The third kappa shape index (κ3) is 4.32. The summed E-state index contributed by atoms with van der Waals surface area (Å²) >= 11 is 0. The molecule has 2 aromatic carbocycles. The number of benzene rings is 2. The molecule has 0 N–H and O–H groups in total. The molecule has 2 aromatic heterocycles. The van der Waals surface area contributed by atoms with E-state index in [0.717, 1.165) is 35.8 Å². The number of amides is 1. The fraction of sp³-hybridized carbons (Fsp3) is 0.240. The van der Waals surface area contributed by atoms with Crippen molar-refractivity contribution in [2.24, 2.45) is 0 Å². The predicted octanol–water partition coefficient (Wildman–Crippen LogP) is 3.56. The molecule has 0 bridgehead atoms. The lowest BCUT2D eigenvalue weighted by Gasteiger charge is -2.36. The van der Waals surface area contributed by atoms with E-state index in [-0.39, 0.29) is 12.5 Å². The maximum atomic E-state index is 13.0. The first-order chi connectivity index (χ1) is 16.2. The lowest BCUT2D eigenvalue weighted by atomic mass is 10.2. The average Bonchev–Trinajstić information content (AvgIpc) is 3.54. The Kier molecular flexibility index (Phi) is 5.80. The average molecular weight is 444 g/mol. The van der Waals surface area contributed by atoms with Crippen molar-refractivity contribution in [3.63, 3.8) is 0 Å². The molecule has 0 atom stereocenters. The van der Waals surface area contributed by atoms with E-state index < -0.39 is 0 Å². The molecule has 0 unspecified atom stereocenters. The Bertz CT molecular complexity index is 1230. The summed E-state index contributed by atoms with van der Waals surface area (Å²) in [6.07, 6.45) is 1.87. The zero-order chi connectivity index (χ0) is 22.6. The van der Waals surface area contributed by atoms with Crippen molar-refractivity contribution in [3.05, 3.63) is 72.9 Å². The summed E-state index contributed by atoms with van der Waals surface area (Å²) < 4.78 is 12.8. The minimum Gasteiger partial charge on any atom is -0.495 e. The fourth-order valence-electron chi connectivity index (χ4n) is 4.11. The number of hydrogen-bond donors (Lipinski definition) is 0. The number of anilines is 1. The lowest BCUT2D eigenvalue weighted by Crippen LogP contribution is -2.49. The summed E-state index contributed by atoms with van der Waals surface area (Å²) in [7, 11) is 1.68. The zero-order valence-electron chi connectivity index (χ0n) is 18.4. The molecule has 8 nitrogen and oxygen atoms in total. The minimum absolute atomic E-state index is 0.0647. The highest BCUT2D eigenvalue weighted by molar-refractivity contribution is 5.77. The van der Waals surface area contributed by atoms with E-state index in [1.54, 1.807) is 7.11 Å². The smallest absolute Gasteiger partial charge is 0.274 e. The summed E-state index contributed by atoms with van der Waals surface area (Å²) in [5.74, 6) is 1.84. The van der Waals surface area contributed by atoms with Gasteiger partial charge in [-0.25, -0.2) is 0 Å². The number of nitrogens with zero attached hydrogens (tertiary/aromatic N) is 5. The molecule has 1 aliphatic heterocycles. The zero-order valence-corrected chi connectivity index (χ0v) is 18.4. The van der Waals surface area contributed by atoms with Gasteiger partial charge in [-0.2, -0.15) is 4.98 Å². The van der Waals surface area contributed by atoms with Crippen molar-refractivity contribution in [2.75, 3.05) is 38.2 Å². The summed E-state index contributed by atoms with van der Waals surface area (Å²) in [5, 5.41) is 4.09. The molecule has 0 spiro atoms. The molecule has 8 heteroatoms. The van der Waals surface area contributed by atoms with Crippen molar-refractivity contribution in [2.45, 2.75) is 6.54 Å². The van der Waals surface area contributed by atoms with E-state index in [4.69, 9.17) is 9.26 Å². The number of hydrogen-bond acceptors (Lipinski definition) is 6. The number of ether oxygens (including phenoxy) is 1. The largest absolute Gasteiger partial charge is 0.495 e. The van der Waals surface area contributed by atoms with Crippen molar-refractivity contribution < 1.29 is 14.1 Å². The summed E-state index contributed by atoms with van der Waals surface area (Å²) in [4.78, 5) is 21.7. The maximum Gasteiger partial charge on any atom is 0.274 e. The summed E-state index contributed by atoms with van der Waals surface area (Å²) in [5.41, 5.74) is 2.67. The molecular formula is C25H25N5O3. The van der Waals surface area contributed by atoms with Crippen LogP contribution in [0.3, 0.4) is 0 Å². The van der Waals surface area contributed by atoms with Gasteiger partial charge in [0.05, 0.1) is 12.8 Å². The Morgan fingerprint density at radius 1 is 0.970 bits per heavy atom. The first-order valence-electron chi connectivity index (χ1n) is 10.9. The van der Waals surface area contributed by atoms with Crippen LogP contribution in [-0.4, -0.2) is 58.8 Å². The Hall–Kier alpha value is -4.07. The maximum absolute atomic E-state index is 13.0. The Morgan fingerprint density at radius 3 is 2.52 bits per heavy atom. The lowest BCUT2D eigenvalue weighted by molar-refractivity contribution is -0.132. The standard InChI is InChI=1S/C25H25N5O3/c1-32-22-12-6-5-10-20(22)28-14-16-29(17-15-28)23(31)18-30-13-7-11-21(30)25-26-24(27-33-25)19-8-3-2-4-9-19/h2-13H,14-18H2,1H3. The summed E-state index contributed by atoms with van der Waals surface area (Å²) in [6.45, 7) is 3.06. The van der Waals surface area contributed by atoms with Crippen LogP contribution in [0.5, 0.6) is 5.75 Å². The van der Waals surface area contributed by atoms with Gasteiger partial charge in [-0.15, -0.1) is 0 Å². The molecule has 1 amide bonds. The van der Waals surface area contributed by atoms with E-state index in [1.165, 1.54) is 0 Å². The van der Waals surface area contributed by atoms with E-state index in [0.29, 0.717) is 24.8 Å². The van der Waals surface area contributed by atoms with Gasteiger partial charge in [0.1, 0.15) is 18.0 Å². The fourth-order valence-corrected chi connectivity index (χ4v) is 4.11. The Labute approximate surface area is 192 Å². The van der Waals surface area contributed by atoms with Crippen LogP contribution < -0.4 is 9.64 Å². The second kappa shape index (κ2) is 9.20. The number of carbonyl (C=O) groups is 1. The number of piperazine rings is 1. The van der Waals surface area contributed by atoms with Crippen molar-refractivity contribution in [3.8, 4) is 28.7 Å². The van der Waals surface area contributed by atoms with Crippen LogP contribution >= 0.6 is 0 Å². The van der Waals surface area contributed by atoms with Crippen LogP contribution in [0.4, 0.5) is 5.69 Å². The van der Waals surface area contributed by atoms with Crippen LogP contribution in [0.25, 0.3) is 23.0 Å². The molecule has 3 heterocycles. The van der Waals surface area contributed by atoms with Gasteiger partial charge in [-0.1, -0.05) is 47.6 Å². The second-order valence-electron chi connectivity index (χ2n) is 7.85. The first-order valence-corrected chi connectivity index (χ1v) is 10.9. The highest BCUT2D eigenvalue weighted by Gasteiger charge is 2.24. The highest BCUT2D eigenvalue weighted by atomic mass is 16.5. The van der Waals surface area contributed by atoms with Gasteiger partial charge in [-0.3, -0.25) is 4.79 Å². The van der Waals surface area contributed by atoms with Crippen LogP contribution in [0.1, 0.15) is 0 Å². The minimum atomic E-state index is 0.0647. The predicted molar refractivity (Wildman–Crippen MR) is 125 cm³/mol. The van der Waals surface area contributed by atoms with E-state index >= 15 is 0 Å². The topological polar surface area (TPSA) is 76.6 Å². The molecule has 0 saturated carbocycles. The molecule has 168 valence electrons. The first kappa shape index (κ1) is 20.8. The number of para-hydroxylation sites is 2. The third-order valence-corrected chi connectivity index (χ3v) is 5.87. The third-order valence-electron chi connectivity index (χ3n) is 5.87. The van der Waals surface area contributed by atoms with Gasteiger partial charge >= 0.3 is 0 Å². The van der Waals surface area contributed by atoms with E-state index in [1.807, 2.05) is 76.3 Å². The van der Waals surface area contributed by atoms with Gasteiger partial charge in [0.2, 0.25) is 11.7 Å². The van der Waals surface area contributed by atoms with Crippen LogP contribution in [0.15, 0.2) is 77.4 Å². The van der Waals surface area contributed by atoms with Crippen LogP contribution in [0.2, 0.25) is 0 Å². The number of carbonyl (C=O) groups excluding carboxylic acids is 1. The summed E-state index contributed by atoms with van der Waals surface area (Å²) in [6, 6.07) is 21.4. The second-order valence-corrected chi connectivity index (χ2v) is 7.85. The molecule has 33 heavy (non-hydrogen) atoms. The van der Waals surface area contributed by atoms with Gasteiger partial charge in [0.25, 0.3) is 5.89 Å². The quantitative estimate of drug-likeness (QED) is 0.454. The van der Waals surface area contributed by atoms with Gasteiger partial charge < -0.3 is 23.6 Å². The number of methoxy groups -OCH3 is 1. The Balaban J connectivity index is 1.24. The SMILES string of the molecule is COc1ccccc1N1CCN(C(=O)Cn2cccc2-c2nc(-c3ccccc3)no2)CC1. The highest BCUT2D eigenvalue weighted by Crippen LogP contribution is 2.28. The van der Waals surface area contributed by atoms with Crippen LogP contribution in [-0.2, 0) is 11.3 Å². The van der Waals surface area contributed by atoms with Crippen molar-refractivity contribution in [1.29, 1.82) is 0 Å². The van der Waals surface area contributed by atoms with Gasteiger partial charge in [-0.05, 0) is 24.3 Å². The molecule has 5 rings (SSSR count). The molecule has 1 fully saturated rings. The van der Waals surface area contributed by atoms with E-state index in [9.17, 15) is 4.79 Å². The molecule has 0 radical (unpaired) electrons. The van der Waals surface area contributed by atoms with Crippen molar-refractivity contribution in [1.82, 2.24) is 19.6 Å². The van der Waals surface area contributed by atoms with Crippen molar-refractivity contribution >= 4 is 11.6 Å². The van der Waals surface area contributed by atoms with Gasteiger partial charge in [0, 0.05) is 37.9 Å². The normalized spacial score (nSPS) is 13.8. The number of aromatic nitrogens is 3. The molecular weight excluding hydrogens is 418 g/mol.